The molecular formula is C13H20ClNO2S. The second-order valence-corrected chi connectivity index (χ2v) is 8.54. The summed E-state index contributed by atoms with van der Waals surface area (Å²) < 4.78 is 23.1. The van der Waals surface area contributed by atoms with E-state index in [4.69, 9.17) is 11.6 Å². The van der Waals surface area contributed by atoms with Crippen molar-refractivity contribution in [1.29, 1.82) is 0 Å². The van der Waals surface area contributed by atoms with Crippen LogP contribution in [0.1, 0.15) is 26.3 Å². The largest absolute Gasteiger partial charge is 0.384 e. The van der Waals surface area contributed by atoms with Crippen molar-refractivity contribution in [3.63, 3.8) is 0 Å². The number of benzene rings is 1. The Bertz CT molecular complexity index is 518. The van der Waals surface area contributed by atoms with Crippen molar-refractivity contribution in [2.24, 2.45) is 0 Å². The third-order valence-corrected chi connectivity index (χ3v) is 5.90. The summed E-state index contributed by atoms with van der Waals surface area (Å²) in [4.78, 5) is 0. The van der Waals surface area contributed by atoms with E-state index >= 15 is 0 Å². The van der Waals surface area contributed by atoms with Gasteiger partial charge in [-0.15, -0.1) is 0 Å². The summed E-state index contributed by atoms with van der Waals surface area (Å²) in [5.41, 5.74) is 1.82. The number of hydrogen-bond donors (Lipinski definition) is 1. The Labute approximate surface area is 114 Å². The fraction of sp³-hybridized carbons (Fsp3) is 0.538. The van der Waals surface area contributed by atoms with E-state index in [2.05, 4.69) is 5.32 Å². The summed E-state index contributed by atoms with van der Waals surface area (Å²) in [7, 11) is -3.09. The van der Waals surface area contributed by atoms with Gasteiger partial charge in [-0.05, 0) is 45.4 Å². The minimum absolute atomic E-state index is 0.114. The molecule has 0 aromatic heterocycles. The van der Waals surface area contributed by atoms with Crippen LogP contribution in [-0.2, 0) is 9.84 Å². The Morgan fingerprint density at radius 1 is 1.28 bits per heavy atom. The lowest BCUT2D eigenvalue weighted by molar-refractivity contribution is 0.560. The molecule has 0 fully saturated rings. The predicted octanol–water partition coefficient (Wildman–Crippen LogP) is 3.27. The first-order valence-corrected chi connectivity index (χ1v) is 7.89. The second-order valence-electron chi connectivity index (χ2n) is 5.27. The van der Waals surface area contributed by atoms with E-state index in [1.165, 1.54) is 0 Å². The highest BCUT2D eigenvalue weighted by Crippen LogP contribution is 2.23. The van der Waals surface area contributed by atoms with Crippen molar-refractivity contribution in [3.05, 3.63) is 28.8 Å². The van der Waals surface area contributed by atoms with Crippen LogP contribution in [-0.4, -0.2) is 25.5 Å². The van der Waals surface area contributed by atoms with Crippen LogP contribution in [0.5, 0.6) is 0 Å². The number of sulfone groups is 1. The zero-order chi connectivity index (χ0) is 14.0. The summed E-state index contributed by atoms with van der Waals surface area (Å²) in [6.45, 7) is 7.44. The topological polar surface area (TPSA) is 46.2 Å². The first-order chi connectivity index (χ1) is 8.15. The highest BCUT2D eigenvalue weighted by atomic mass is 35.5. The molecule has 0 saturated carbocycles. The standard InChI is InChI=1S/C13H20ClNO2S/c1-10-11(14)6-5-7-12(10)15-8-9-18(16,17)13(2,3)4/h5-7,15H,8-9H2,1-4H3. The van der Waals surface area contributed by atoms with Gasteiger partial charge in [0.1, 0.15) is 0 Å². The molecule has 0 radical (unpaired) electrons. The van der Waals surface area contributed by atoms with Gasteiger partial charge in [0.15, 0.2) is 9.84 Å². The molecule has 0 bridgehead atoms. The molecule has 3 nitrogen and oxygen atoms in total. The van der Waals surface area contributed by atoms with Crippen LogP contribution in [0.4, 0.5) is 5.69 Å². The quantitative estimate of drug-likeness (QED) is 0.925. The summed E-state index contributed by atoms with van der Waals surface area (Å²) in [5.74, 6) is 0.114. The minimum atomic E-state index is -3.09. The Morgan fingerprint density at radius 3 is 2.44 bits per heavy atom. The van der Waals surface area contributed by atoms with Gasteiger partial charge in [-0.25, -0.2) is 8.42 Å². The molecular weight excluding hydrogens is 270 g/mol. The van der Waals surface area contributed by atoms with E-state index in [0.29, 0.717) is 11.6 Å². The molecule has 0 atom stereocenters. The second kappa shape index (κ2) is 5.49. The highest BCUT2D eigenvalue weighted by Gasteiger charge is 2.28. The number of anilines is 1. The molecule has 0 spiro atoms. The normalized spacial score (nSPS) is 12.5. The van der Waals surface area contributed by atoms with Crippen LogP contribution in [0.15, 0.2) is 18.2 Å². The van der Waals surface area contributed by atoms with Crippen LogP contribution in [0.3, 0.4) is 0 Å². The summed E-state index contributed by atoms with van der Waals surface area (Å²) >= 11 is 6.00. The fourth-order valence-corrected chi connectivity index (χ4v) is 2.58. The van der Waals surface area contributed by atoms with Gasteiger partial charge in [-0.1, -0.05) is 17.7 Å². The molecule has 0 aliphatic rings. The fourth-order valence-electron chi connectivity index (χ4n) is 1.43. The van der Waals surface area contributed by atoms with Crippen molar-refractivity contribution in [3.8, 4) is 0 Å². The average Bonchev–Trinajstić information content (AvgIpc) is 2.22. The Morgan fingerprint density at radius 2 is 1.89 bits per heavy atom. The van der Waals surface area contributed by atoms with Gasteiger partial charge in [0.2, 0.25) is 0 Å². The van der Waals surface area contributed by atoms with Crippen LogP contribution in [0.2, 0.25) is 5.02 Å². The number of nitrogens with one attached hydrogen (secondary N) is 1. The summed E-state index contributed by atoms with van der Waals surface area (Å²) in [6, 6.07) is 5.55. The van der Waals surface area contributed by atoms with E-state index < -0.39 is 14.6 Å². The maximum Gasteiger partial charge on any atom is 0.156 e. The molecule has 0 heterocycles. The lowest BCUT2D eigenvalue weighted by atomic mass is 10.2. The lowest BCUT2D eigenvalue weighted by Gasteiger charge is -2.19. The van der Waals surface area contributed by atoms with Crippen molar-refractivity contribution >= 4 is 27.1 Å². The third-order valence-electron chi connectivity index (χ3n) is 2.89. The SMILES string of the molecule is Cc1c(Cl)cccc1NCCS(=O)(=O)C(C)(C)C. The van der Waals surface area contributed by atoms with Crippen LogP contribution >= 0.6 is 11.6 Å². The first-order valence-electron chi connectivity index (χ1n) is 5.86. The van der Waals surface area contributed by atoms with Gasteiger partial charge < -0.3 is 5.32 Å². The Balaban J connectivity index is 2.66. The van der Waals surface area contributed by atoms with Gasteiger partial charge in [0.25, 0.3) is 0 Å². The molecule has 18 heavy (non-hydrogen) atoms. The lowest BCUT2D eigenvalue weighted by Crippen LogP contribution is -2.32. The molecule has 1 aromatic carbocycles. The van der Waals surface area contributed by atoms with E-state index in [1.807, 2.05) is 25.1 Å². The molecule has 1 N–H and O–H groups in total. The third kappa shape index (κ3) is 3.62. The predicted molar refractivity (Wildman–Crippen MR) is 78.2 cm³/mol. The van der Waals surface area contributed by atoms with Crippen molar-refractivity contribution in [2.45, 2.75) is 32.4 Å². The zero-order valence-corrected chi connectivity index (χ0v) is 12.8. The monoisotopic (exact) mass is 289 g/mol. The van der Waals surface area contributed by atoms with Crippen LogP contribution in [0.25, 0.3) is 0 Å². The number of rotatable bonds is 4. The Hall–Kier alpha value is -0.740. The molecule has 1 rings (SSSR count). The molecule has 0 unspecified atom stereocenters. The van der Waals surface area contributed by atoms with Crippen molar-refractivity contribution < 1.29 is 8.42 Å². The first kappa shape index (κ1) is 15.3. The molecule has 1 aromatic rings. The molecule has 5 heteroatoms. The van der Waals surface area contributed by atoms with E-state index in [0.717, 1.165) is 11.3 Å². The summed E-state index contributed by atoms with van der Waals surface area (Å²) in [6.07, 6.45) is 0. The van der Waals surface area contributed by atoms with Gasteiger partial charge in [-0.2, -0.15) is 0 Å². The molecule has 0 saturated heterocycles. The van der Waals surface area contributed by atoms with E-state index in [1.54, 1.807) is 20.8 Å². The van der Waals surface area contributed by atoms with Crippen LogP contribution < -0.4 is 5.32 Å². The minimum Gasteiger partial charge on any atom is -0.384 e. The smallest absolute Gasteiger partial charge is 0.156 e. The number of halogens is 1. The maximum atomic E-state index is 11.9. The van der Waals surface area contributed by atoms with Gasteiger partial charge in [-0.3, -0.25) is 0 Å². The van der Waals surface area contributed by atoms with Crippen molar-refractivity contribution in [1.82, 2.24) is 0 Å². The molecule has 0 aliphatic heterocycles. The van der Waals surface area contributed by atoms with E-state index in [9.17, 15) is 8.42 Å². The van der Waals surface area contributed by atoms with Crippen LogP contribution in [0, 0.1) is 6.92 Å². The molecule has 102 valence electrons. The van der Waals surface area contributed by atoms with E-state index in [-0.39, 0.29) is 5.75 Å². The average molecular weight is 290 g/mol. The zero-order valence-electron chi connectivity index (χ0n) is 11.2. The van der Waals surface area contributed by atoms with Crippen molar-refractivity contribution in [2.75, 3.05) is 17.6 Å². The molecule has 0 aliphatic carbocycles. The highest BCUT2D eigenvalue weighted by molar-refractivity contribution is 7.92. The number of hydrogen-bond acceptors (Lipinski definition) is 3. The van der Waals surface area contributed by atoms with Gasteiger partial charge >= 0.3 is 0 Å². The molecule has 0 amide bonds. The summed E-state index contributed by atoms with van der Waals surface area (Å²) in [5, 5.41) is 3.80. The van der Waals surface area contributed by atoms with Gasteiger partial charge in [0.05, 0.1) is 10.5 Å². The Kier molecular flexibility index (Phi) is 4.67. The van der Waals surface area contributed by atoms with Gasteiger partial charge in [0, 0.05) is 17.3 Å². The maximum absolute atomic E-state index is 11.9.